The van der Waals surface area contributed by atoms with Crippen LogP contribution in [0.15, 0.2) is 231 Å². The van der Waals surface area contributed by atoms with Crippen LogP contribution in [-0.2, 0) is 26.2 Å². The van der Waals surface area contributed by atoms with Crippen molar-refractivity contribution < 1.29 is 18.3 Å². The Morgan fingerprint density at radius 3 is 0.828 bits per heavy atom. The number of allylic oxidation sites excluding steroid dienone is 1. The molecule has 4 nitrogen and oxygen atoms in total. The second-order valence-corrected chi connectivity index (χ2v) is 17.3. The summed E-state index contributed by atoms with van der Waals surface area (Å²) in [5.74, 6) is 0.382. The molecule has 0 fully saturated rings. The van der Waals surface area contributed by atoms with E-state index in [-0.39, 0.29) is 0 Å². The summed E-state index contributed by atoms with van der Waals surface area (Å²) < 4.78 is 9.06. The smallest absolute Gasteiger partial charge is 0.173 e. The van der Waals surface area contributed by atoms with E-state index in [2.05, 4.69) is 256 Å². The van der Waals surface area contributed by atoms with E-state index >= 15 is 0 Å². The van der Waals surface area contributed by atoms with Gasteiger partial charge >= 0.3 is 0 Å². The zero-order chi connectivity index (χ0) is 42.7. The lowest BCUT2D eigenvalue weighted by molar-refractivity contribution is -0.688. The third-order valence-corrected chi connectivity index (χ3v) is 12.9. The van der Waals surface area contributed by atoms with E-state index in [0.29, 0.717) is 5.92 Å². The van der Waals surface area contributed by atoms with Crippen molar-refractivity contribution in [1.82, 2.24) is 0 Å². The predicted molar refractivity (Wildman–Crippen MR) is 257 cm³/mol. The molecule has 4 heteroatoms. The Morgan fingerprint density at radius 2 is 0.547 bits per heavy atom. The van der Waals surface area contributed by atoms with Gasteiger partial charge in [0, 0.05) is 71.0 Å². The maximum Gasteiger partial charge on any atom is 0.173 e. The van der Waals surface area contributed by atoms with Crippen LogP contribution in [0.25, 0.3) is 55.6 Å². The van der Waals surface area contributed by atoms with Gasteiger partial charge in [0.15, 0.2) is 69.6 Å². The van der Waals surface area contributed by atoms with Crippen LogP contribution in [0.4, 0.5) is 0 Å². The van der Waals surface area contributed by atoms with Crippen molar-refractivity contribution in [3.63, 3.8) is 0 Å². The topological polar surface area (TPSA) is 14.6 Å². The van der Waals surface area contributed by atoms with Crippen LogP contribution >= 0.6 is 0 Å². The lowest BCUT2D eigenvalue weighted by Crippen LogP contribution is -2.33. The van der Waals surface area contributed by atoms with Crippen LogP contribution in [0.3, 0.4) is 0 Å². The Bertz CT molecular complexity index is 3080. The molecule has 0 radical (unpaired) electrons. The summed E-state index contributed by atoms with van der Waals surface area (Å²) in [5, 5.41) is 0. The first-order valence-electron chi connectivity index (χ1n) is 22.4. The average molecular weight is 827 g/mol. The average Bonchev–Trinajstić information content (AvgIpc) is 3.36. The largest absolute Gasteiger partial charge is 0.205 e. The lowest BCUT2D eigenvalue weighted by Gasteiger charge is -2.14. The maximum atomic E-state index is 2.35. The number of rotatable bonds is 0. The van der Waals surface area contributed by atoms with E-state index in [9.17, 15) is 0 Å². The molecular weight excluding hydrogens is 777 g/mol. The summed E-state index contributed by atoms with van der Waals surface area (Å²) in [5.41, 5.74) is 18.7. The van der Waals surface area contributed by atoms with Gasteiger partial charge in [0.2, 0.25) is 0 Å². The summed E-state index contributed by atoms with van der Waals surface area (Å²) in [4.78, 5) is 0. The van der Waals surface area contributed by atoms with Crippen molar-refractivity contribution in [2.24, 2.45) is 0 Å². The first-order chi connectivity index (χ1) is 31.6. The van der Waals surface area contributed by atoms with Gasteiger partial charge in [-0.3, -0.25) is 0 Å². The maximum absolute atomic E-state index is 2.35. The molecule has 6 aromatic carbocycles. The first kappa shape index (κ1) is 39.1. The van der Waals surface area contributed by atoms with Crippen LogP contribution in [-0.4, -0.2) is 10.8 Å². The van der Waals surface area contributed by atoms with Crippen molar-refractivity contribution in [3.8, 4) is 55.6 Å². The van der Waals surface area contributed by atoms with Crippen LogP contribution in [0, 0.1) is 0 Å². The second-order valence-electron chi connectivity index (χ2n) is 17.3. The monoisotopic (exact) mass is 826 g/mol. The van der Waals surface area contributed by atoms with Gasteiger partial charge in [-0.25, -0.2) is 18.3 Å². The summed E-state index contributed by atoms with van der Waals surface area (Å²) in [6.45, 7) is 3.36. The molecule has 306 valence electrons. The third kappa shape index (κ3) is 8.77. The van der Waals surface area contributed by atoms with E-state index in [1.807, 2.05) is 0 Å². The van der Waals surface area contributed by atoms with E-state index in [1.165, 1.54) is 83.5 Å². The van der Waals surface area contributed by atoms with Crippen molar-refractivity contribution in [2.75, 3.05) is 0 Å². The molecule has 0 spiro atoms. The lowest BCUT2D eigenvalue weighted by atomic mass is 9.92. The zero-order valence-corrected chi connectivity index (χ0v) is 35.9. The Balaban J connectivity index is 0.825. The van der Waals surface area contributed by atoms with Gasteiger partial charge in [0.1, 0.15) is 6.21 Å². The number of hydrogen-bond donors (Lipinski definition) is 0. The number of nitrogens with zero attached hydrogens (tertiary/aromatic N) is 4. The third-order valence-electron chi connectivity index (χ3n) is 12.9. The van der Waals surface area contributed by atoms with E-state index < -0.39 is 0 Å². The standard InChI is InChI=1S/C60H50N4/c1-2-46-4-3-45(1)41-61-33-25-57(26-34-61)53-17-9-49(10-18-53)51-13-21-55(22-14-51)59-29-37-63(38-30-59)43-47-5-7-48(8-6-47)44-64-39-31-60(32-40-64)56-23-15-52(16-24-56)50-11-19-54(20-12-50)58-27-35-62(42-46)36-28-58/h1-31,33-40,60H,32,41-44H2/q+4. The molecule has 1 atom stereocenters. The molecule has 32 heterocycles. The van der Waals surface area contributed by atoms with Crippen LogP contribution < -0.4 is 13.7 Å². The fourth-order valence-electron chi connectivity index (χ4n) is 9.06. The SMILES string of the molecule is C1=C[N+]2=CCC1c1ccc(cc1)-c1ccc(cc1)-c1cc[n+](cc1)Cc1ccc(cc1)C[n+]1ccc(cc1)-c1ccc(cc1)-c1ccc(cc1)-c1cc[n+](cc1)Cc1ccc(cc1)C2. The summed E-state index contributed by atoms with van der Waals surface area (Å²) in [7, 11) is 0. The number of hydrogen-bond acceptors (Lipinski definition) is 0. The molecule has 0 aliphatic carbocycles. The normalized spacial score (nSPS) is 14.4. The zero-order valence-electron chi connectivity index (χ0n) is 35.9. The minimum Gasteiger partial charge on any atom is -0.205 e. The van der Waals surface area contributed by atoms with Crippen LogP contribution in [0.2, 0.25) is 0 Å². The van der Waals surface area contributed by atoms with Gasteiger partial charge in [-0.2, -0.15) is 0 Å². The molecule has 0 amide bonds. The molecule has 64 heavy (non-hydrogen) atoms. The predicted octanol–water partition coefficient (Wildman–Crippen LogP) is 11.6. The van der Waals surface area contributed by atoms with E-state index in [1.54, 1.807) is 0 Å². The van der Waals surface area contributed by atoms with Gasteiger partial charge in [0.25, 0.3) is 0 Å². The first-order valence-corrected chi connectivity index (χ1v) is 22.4. The van der Waals surface area contributed by atoms with Crippen molar-refractivity contribution >= 4 is 6.21 Å². The Hall–Kier alpha value is -7.82. The molecule has 9 aromatic rings. The van der Waals surface area contributed by atoms with Crippen molar-refractivity contribution in [3.05, 3.63) is 259 Å². The van der Waals surface area contributed by atoms with Gasteiger partial charge in [-0.05, 0) is 67.3 Å². The van der Waals surface area contributed by atoms with Gasteiger partial charge in [-0.15, -0.1) is 0 Å². The fourth-order valence-corrected chi connectivity index (χ4v) is 9.06. The summed E-state index contributed by atoms with van der Waals surface area (Å²) in [6.07, 6.45) is 21.0. The molecule has 0 saturated carbocycles. The minimum absolute atomic E-state index is 0.382. The summed E-state index contributed by atoms with van der Waals surface area (Å²) >= 11 is 0. The molecule has 0 saturated heterocycles. The second kappa shape index (κ2) is 17.5. The number of pyridine rings is 3. The molecular formula is C60H50N4+4. The summed E-state index contributed by atoms with van der Waals surface area (Å²) in [6, 6.07) is 67.3. The highest BCUT2D eigenvalue weighted by molar-refractivity contribution is 5.73. The number of benzene rings is 6. The van der Waals surface area contributed by atoms with Crippen LogP contribution in [0.1, 0.15) is 40.2 Å². The van der Waals surface area contributed by atoms with E-state index in [4.69, 9.17) is 0 Å². The molecule has 1 unspecified atom stereocenters. The van der Waals surface area contributed by atoms with Crippen LogP contribution in [0.5, 0.6) is 0 Å². The Morgan fingerprint density at radius 1 is 0.281 bits per heavy atom. The molecule has 20 bridgehead atoms. The van der Waals surface area contributed by atoms with Gasteiger partial charge in [-0.1, -0.05) is 146 Å². The minimum atomic E-state index is 0.382. The van der Waals surface area contributed by atoms with E-state index in [0.717, 1.165) is 32.6 Å². The Labute approximate surface area is 376 Å². The number of aromatic nitrogens is 3. The molecule has 29 aliphatic rings. The molecule has 29 aliphatic heterocycles. The van der Waals surface area contributed by atoms with Crippen molar-refractivity contribution in [1.29, 1.82) is 0 Å². The highest BCUT2D eigenvalue weighted by Gasteiger charge is 2.17. The molecule has 0 N–H and O–H groups in total. The Kier molecular flexibility index (Phi) is 10.7. The fraction of sp³-hybridized carbons (Fsp3) is 0.100. The van der Waals surface area contributed by atoms with Gasteiger partial charge < -0.3 is 0 Å². The quantitative estimate of drug-likeness (QED) is 0.135. The molecule has 38 rings (SSSR count). The highest BCUT2D eigenvalue weighted by Crippen LogP contribution is 2.30. The highest BCUT2D eigenvalue weighted by atomic mass is 15.0. The van der Waals surface area contributed by atoms with Crippen molar-refractivity contribution in [2.45, 2.75) is 38.5 Å². The van der Waals surface area contributed by atoms with Gasteiger partial charge in [0.05, 0.1) is 0 Å². The molecule has 3 aromatic heterocycles.